The fourth-order valence-corrected chi connectivity index (χ4v) is 3.44. The third-order valence-corrected chi connectivity index (χ3v) is 4.88. The molecule has 7 heteroatoms. The Bertz CT molecular complexity index is 1270. The van der Waals surface area contributed by atoms with Crippen molar-refractivity contribution in [2.45, 2.75) is 18.9 Å². The second-order valence-corrected chi connectivity index (χ2v) is 6.73. The third kappa shape index (κ3) is 2.86. The summed E-state index contributed by atoms with van der Waals surface area (Å²) in [6.45, 7) is 0.759. The topological polar surface area (TPSA) is 101 Å². The molecule has 0 spiro atoms. The zero-order valence-corrected chi connectivity index (χ0v) is 14.9. The monoisotopic (exact) mass is 375 g/mol. The van der Waals surface area contributed by atoms with Gasteiger partial charge in [-0.05, 0) is 43.2 Å². The van der Waals surface area contributed by atoms with Crippen molar-refractivity contribution in [2.24, 2.45) is 4.99 Å². The van der Waals surface area contributed by atoms with E-state index >= 15 is 0 Å². The van der Waals surface area contributed by atoms with Gasteiger partial charge in [-0.1, -0.05) is 12.1 Å². The molecular formula is C21H17N3O4. The van der Waals surface area contributed by atoms with E-state index in [1.807, 2.05) is 12.1 Å². The van der Waals surface area contributed by atoms with Crippen molar-refractivity contribution in [3.8, 4) is 5.75 Å². The number of fused-ring (bicyclic) bond motifs is 2. The predicted octanol–water partition coefficient (Wildman–Crippen LogP) is 3.98. The lowest BCUT2D eigenvalue weighted by Crippen LogP contribution is -2.06. The summed E-state index contributed by atoms with van der Waals surface area (Å²) >= 11 is 0. The number of H-pyrrole nitrogens is 1. The number of aliphatic imine (C=N–C) groups is 1. The van der Waals surface area contributed by atoms with Gasteiger partial charge in [0.2, 0.25) is 0 Å². The average molecular weight is 375 g/mol. The number of hydrogen-bond acceptors (Lipinski definition) is 6. The molecule has 2 aromatic carbocycles. The lowest BCUT2D eigenvalue weighted by Gasteiger charge is -2.03. The lowest BCUT2D eigenvalue weighted by molar-refractivity contribution is 0.106. The summed E-state index contributed by atoms with van der Waals surface area (Å²) in [5, 5.41) is 10.9. The Morgan fingerprint density at radius 1 is 1.25 bits per heavy atom. The number of benzene rings is 2. The first-order chi connectivity index (χ1) is 13.7. The van der Waals surface area contributed by atoms with E-state index in [9.17, 15) is 9.90 Å². The maximum atomic E-state index is 12.2. The number of aromatic amines is 1. The second kappa shape index (κ2) is 6.61. The molecule has 1 aliphatic rings. The summed E-state index contributed by atoms with van der Waals surface area (Å²) in [5.41, 5.74) is 2.02. The number of para-hydroxylation sites is 1. The molecule has 0 amide bonds. The van der Waals surface area contributed by atoms with Crippen molar-refractivity contribution < 1.29 is 14.3 Å². The van der Waals surface area contributed by atoms with Crippen molar-refractivity contribution in [2.75, 3.05) is 6.61 Å². The van der Waals surface area contributed by atoms with Gasteiger partial charge in [0.15, 0.2) is 0 Å². The van der Waals surface area contributed by atoms with Crippen molar-refractivity contribution in [3.05, 3.63) is 64.3 Å². The number of rotatable bonds is 3. The molecular weight excluding hydrogens is 358 g/mol. The summed E-state index contributed by atoms with van der Waals surface area (Å²) in [6, 6.07) is 12.3. The number of nitrogens with zero attached hydrogens (tertiary/aromatic N) is 2. The van der Waals surface area contributed by atoms with Gasteiger partial charge in [-0.3, -0.25) is 4.99 Å². The highest BCUT2D eigenvalue weighted by Crippen LogP contribution is 2.29. The highest BCUT2D eigenvalue weighted by Gasteiger charge is 2.21. The van der Waals surface area contributed by atoms with Crippen LogP contribution in [0.3, 0.4) is 0 Å². The molecule has 1 aliphatic heterocycles. The van der Waals surface area contributed by atoms with Crippen LogP contribution in [0.25, 0.3) is 22.0 Å². The molecule has 4 aromatic rings. The molecule has 140 valence electrons. The number of aromatic hydroxyl groups is 1. The van der Waals surface area contributed by atoms with Gasteiger partial charge in [0.25, 0.3) is 0 Å². The van der Waals surface area contributed by atoms with Gasteiger partial charge in [-0.15, -0.1) is 0 Å². The summed E-state index contributed by atoms with van der Waals surface area (Å²) in [6.07, 6.45) is 3.34. The first kappa shape index (κ1) is 16.7. The van der Waals surface area contributed by atoms with Crippen LogP contribution in [0.15, 0.2) is 56.7 Å². The SMILES string of the molecule is O=c1oc2ccccc2c(O)c1C=Nc1ccc2nc(C3CCCO3)[nH]c2c1. The molecule has 0 radical (unpaired) electrons. The fourth-order valence-electron chi connectivity index (χ4n) is 3.44. The molecule has 1 fully saturated rings. The van der Waals surface area contributed by atoms with Crippen molar-refractivity contribution >= 4 is 33.9 Å². The van der Waals surface area contributed by atoms with E-state index in [-0.39, 0.29) is 17.4 Å². The zero-order valence-electron chi connectivity index (χ0n) is 14.9. The maximum absolute atomic E-state index is 12.2. The van der Waals surface area contributed by atoms with Crippen LogP contribution in [0.1, 0.15) is 30.3 Å². The van der Waals surface area contributed by atoms with E-state index in [4.69, 9.17) is 9.15 Å². The summed E-state index contributed by atoms with van der Waals surface area (Å²) in [4.78, 5) is 24.4. The largest absolute Gasteiger partial charge is 0.506 e. The molecule has 1 atom stereocenters. The Hall–Kier alpha value is -3.45. The van der Waals surface area contributed by atoms with E-state index in [2.05, 4.69) is 15.0 Å². The van der Waals surface area contributed by atoms with Gasteiger partial charge < -0.3 is 19.2 Å². The quantitative estimate of drug-likeness (QED) is 0.417. The lowest BCUT2D eigenvalue weighted by atomic mass is 10.1. The normalized spacial score (nSPS) is 17.2. The van der Waals surface area contributed by atoms with Crippen molar-refractivity contribution in [3.63, 3.8) is 0 Å². The Labute approximate surface area is 159 Å². The van der Waals surface area contributed by atoms with Crippen LogP contribution >= 0.6 is 0 Å². The van der Waals surface area contributed by atoms with Crippen molar-refractivity contribution in [1.29, 1.82) is 0 Å². The number of nitrogens with one attached hydrogen (secondary N) is 1. The fraction of sp³-hybridized carbons (Fsp3) is 0.190. The minimum atomic E-state index is -0.636. The molecule has 0 bridgehead atoms. The predicted molar refractivity (Wildman–Crippen MR) is 105 cm³/mol. The van der Waals surface area contributed by atoms with E-state index in [1.54, 1.807) is 30.3 Å². The minimum absolute atomic E-state index is 0.0125. The Morgan fingerprint density at radius 2 is 2.14 bits per heavy atom. The molecule has 1 saturated heterocycles. The van der Waals surface area contributed by atoms with E-state index in [0.717, 1.165) is 36.3 Å². The number of hydrogen-bond donors (Lipinski definition) is 2. The molecule has 3 heterocycles. The first-order valence-corrected chi connectivity index (χ1v) is 9.09. The molecule has 5 rings (SSSR count). The van der Waals surface area contributed by atoms with Crippen LogP contribution in [0, 0.1) is 0 Å². The molecule has 0 aliphatic carbocycles. The number of ether oxygens (including phenoxy) is 1. The van der Waals surface area contributed by atoms with Gasteiger partial charge in [-0.25, -0.2) is 9.78 Å². The van der Waals surface area contributed by atoms with E-state index in [1.165, 1.54) is 6.21 Å². The Morgan fingerprint density at radius 3 is 3.00 bits per heavy atom. The minimum Gasteiger partial charge on any atom is -0.506 e. The van der Waals surface area contributed by atoms with Crippen LogP contribution in [-0.4, -0.2) is 27.9 Å². The van der Waals surface area contributed by atoms with Crippen LogP contribution in [0.4, 0.5) is 5.69 Å². The molecule has 0 saturated carbocycles. The van der Waals surface area contributed by atoms with Crippen LogP contribution in [0.2, 0.25) is 0 Å². The smallest absolute Gasteiger partial charge is 0.348 e. The standard InChI is InChI=1S/C21H17N3O4/c25-19-13-4-1-2-5-17(13)28-21(26)14(19)11-22-12-7-8-15-16(10-12)24-20(23-15)18-6-3-9-27-18/h1-2,4-5,7-8,10-11,18,25H,3,6,9H2,(H,23,24). The van der Waals surface area contributed by atoms with Gasteiger partial charge in [0, 0.05) is 12.8 Å². The second-order valence-electron chi connectivity index (χ2n) is 6.73. The first-order valence-electron chi connectivity index (χ1n) is 9.09. The van der Waals surface area contributed by atoms with E-state index in [0.29, 0.717) is 16.7 Å². The summed E-state index contributed by atoms with van der Waals surface area (Å²) in [5.74, 6) is 0.681. The number of aromatic nitrogens is 2. The molecule has 7 nitrogen and oxygen atoms in total. The number of imidazole rings is 1. The Kier molecular flexibility index (Phi) is 3.95. The van der Waals surface area contributed by atoms with Gasteiger partial charge in [-0.2, -0.15) is 0 Å². The van der Waals surface area contributed by atoms with E-state index < -0.39 is 5.63 Å². The molecule has 2 N–H and O–H groups in total. The van der Waals surface area contributed by atoms with Crippen LogP contribution in [0.5, 0.6) is 5.75 Å². The van der Waals surface area contributed by atoms with Gasteiger partial charge in [0.1, 0.15) is 28.8 Å². The average Bonchev–Trinajstić information content (AvgIpc) is 3.37. The third-order valence-electron chi connectivity index (χ3n) is 4.88. The molecule has 1 unspecified atom stereocenters. The molecule has 2 aromatic heterocycles. The van der Waals surface area contributed by atoms with Gasteiger partial charge >= 0.3 is 5.63 Å². The summed E-state index contributed by atoms with van der Waals surface area (Å²) < 4.78 is 10.9. The molecule has 28 heavy (non-hydrogen) atoms. The zero-order chi connectivity index (χ0) is 19.1. The highest BCUT2D eigenvalue weighted by atomic mass is 16.5. The highest BCUT2D eigenvalue weighted by molar-refractivity contribution is 5.94. The van der Waals surface area contributed by atoms with Crippen LogP contribution < -0.4 is 5.63 Å². The summed E-state index contributed by atoms with van der Waals surface area (Å²) in [7, 11) is 0. The van der Waals surface area contributed by atoms with Crippen LogP contribution in [-0.2, 0) is 4.74 Å². The van der Waals surface area contributed by atoms with Gasteiger partial charge in [0.05, 0.1) is 22.1 Å². The maximum Gasteiger partial charge on any atom is 0.348 e. The van der Waals surface area contributed by atoms with Crippen molar-refractivity contribution in [1.82, 2.24) is 9.97 Å². The Balaban J connectivity index is 1.50.